The molecule has 6 nitrogen and oxygen atoms in total. The van der Waals surface area contributed by atoms with E-state index >= 15 is 0 Å². The number of pyridine rings is 1. The van der Waals surface area contributed by atoms with Gasteiger partial charge >= 0.3 is 5.69 Å². The monoisotopic (exact) mass is 177 g/mol. The lowest BCUT2D eigenvalue weighted by molar-refractivity contribution is 0.818. The van der Waals surface area contributed by atoms with Gasteiger partial charge in [-0.2, -0.15) is 9.66 Å². The van der Waals surface area contributed by atoms with Crippen LogP contribution in [0.4, 0.5) is 0 Å². The highest BCUT2D eigenvalue weighted by Gasteiger charge is 2.01. The number of rotatable bonds is 1. The van der Waals surface area contributed by atoms with E-state index in [0.717, 1.165) is 10.1 Å². The highest BCUT2D eigenvalue weighted by Crippen LogP contribution is 2.03. The first kappa shape index (κ1) is 7.69. The summed E-state index contributed by atoms with van der Waals surface area (Å²) in [6.45, 7) is 0. The zero-order chi connectivity index (χ0) is 9.26. The van der Waals surface area contributed by atoms with E-state index in [1.165, 1.54) is 6.20 Å². The highest BCUT2D eigenvalue weighted by atomic mass is 16.2. The average Bonchev–Trinajstić information content (AvgIpc) is 2.18. The number of nitrogens with zero attached hydrogens (tertiary/aromatic N) is 3. The fourth-order valence-electron chi connectivity index (χ4n) is 1.09. The lowest BCUT2D eigenvalue weighted by atomic mass is 10.3. The summed E-state index contributed by atoms with van der Waals surface area (Å²) in [5, 5.41) is 0.750. The maximum atomic E-state index is 11.1. The number of hydrogen-bond acceptors (Lipinski definition) is 5. The summed E-state index contributed by atoms with van der Waals surface area (Å²) in [5.41, 5.74) is 2.20. The van der Waals surface area contributed by atoms with E-state index in [1.807, 2.05) is 0 Å². The molecule has 0 amide bonds. The Balaban J connectivity index is 2.92. The molecule has 0 aliphatic rings. The minimum absolute atomic E-state index is 0.463. The van der Waals surface area contributed by atoms with Gasteiger partial charge in [0.2, 0.25) is 0 Å². The molecule has 0 aromatic carbocycles. The van der Waals surface area contributed by atoms with Gasteiger partial charge in [-0.15, -0.1) is 0 Å². The number of nitrogen functional groups attached to an aromatic ring is 1. The molecular weight excluding hydrogens is 170 g/mol. The molecule has 0 bridgehead atoms. The minimum atomic E-state index is -0.478. The van der Waals surface area contributed by atoms with Gasteiger partial charge in [-0.1, -0.05) is 0 Å². The van der Waals surface area contributed by atoms with Crippen LogP contribution < -0.4 is 17.1 Å². The third-order valence-electron chi connectivity index (χ3n) is 1.66. The minimum Gasteiger partial charge on any atom is -0.256 e. The maximum absolute atomic E-state index is 11.1. The molecule has 2 rings (SSSR count). The highest BCUT2D eigenvalue weighted by molar-refractivity contribution is 5.73. The summed E-state index contributed by atoms with van der Waals surface area (Å²) in [6.07, 6.45) is 3.04. The van der Waals surface area contributed by atoms with E-state index in [2.05, 4.69) is 15.5 Å². The van der Waals surface area contributed by atoms with Crippen molar-refractivity contribution in [2.75, 3.05) is 5.53 Å². The van der Waals surface area contributed by atoms with E-state index in [4.69, 9.17) is 5.84 Å². The molecule has 66 valence electrons. The van der Waals surface area contributed by atoms with Crippen molar-refractivity contribution in [1.29, 1.82) is 0 Å². The van der Waals surface area contributed by atoms with Gasteiger partial charge in [0, 0.05) is 17.8 Å². The molecule has 0 saturated carbocycles. The number of hydrogen-bond donors (Lipinski definition) is 2. The number of nitrogens with one attached hydrogen (secondary N) is 1. The molecule has 0 aliphatic heterocycles. The number of fused-ring (bicyclic) bond motifs is 1. The van der Waals surface area contributed by atoms with Crippen LogP contribution in [-0.4, -0.2) is 14.6 Å². The van der Waals surface area contributed by atoms with E-state index < -0.39 is 5.69 Å². The van der Waals surface area contributed by atoms with Gasteiger partial charge in [-0.05, 0) is 12.1 Å². The van der Waals surface area contributed by atoms with Crippen LogP contribution in [0.25, 0.3) is 11.0 Å². The largest absolute Gasteiger partial charge is 0.369 e. The quantitative estimate of drug-likeness (QED) is 0.440. The first-order valence-electron chi connectivity index (χ1n) is 3.62. The topological polar surface area (TPSA) is 85.8 Å². The van der Waals surface area contributed by atoms with Crippen molar-refractivity contribution in [1.82, 2.24) is 14.6 Å². The van der Waals surface area contributed by atoms with Gasteiger partial charge in [0.1, 0.15) is 0 Å². The first-order chi connectivity index (χ1) is 6.33. The summed E-state index contributed by atoms with van der Waals surface area (Å²) in [4.78, 5) is 18.7. The summed E-state index contributed by atoms with van der Waals surface area (Å²) >= 11 is 0. The summed E-state index contributed by atoms with van der Waals surface area (Å²) in [6, 6.07) is 3.55. The molecule has 0 spiro atoms. The molecule has 2 aromatic rings. The number of hydrazine groups is 1. The van der Waals surface area contributed by atoms with Crippen LogP contribution in [0.1, 0.15) is 0 Å². The third-order valence-corrected chi connectivity index (χ3v) is 1.66. The molecule has 6 heteroatoms. The second-order valence-electron chi connectivity index (χ2n) is 2.42. The van der Waals surface area contributed by atoms with E-state index in [1.54, 1.807) is 18.3 Å². The van der Waals surface area contributed by atoms with Crippen molar-refractivity contribution >= 4 is 11.0 Å². The Morgan fingerprint density at radius 1 is 1.46 bits per heavy atom. The van der Waals surface area contributed by atoms with Crippen LogP contribution in [0.3, 0.4) is 0 Å². The van der Waals surface area contributed by atoms with Crippen molar-refractivity contribution in [3.63, 3.8) is 0 Å². The van der Waals surface area contributed by atoms with Crippen LogP contribution in [0.15, 0.2) is 29.3 Å². The Bertz CT molecular complexity index is 491. The Hall–Kier alpha value is -1.95. The van der Waals surface area contributed by atoms with Crippen LogP contribution in [0.2, 0.25) is 0 Å². The standard InChI is InChI=1S/C7H7N5O/c8-11-12-6-5(2-1-3-9-6)4-10-7(12)13/h1-4,11H,8H2. The van der Waals surface area contributed by atoms with Crippen molar-refractivity contribution < 1.29 is 0 Å². The number of aromatic nitrogens is 3. The Morgan fingerprint density at radius 3 is 3.08 bits per heavy atom. The second kappa shape index (κ2) is 2.83. The lowest BCUT2D eigenvalue weighted by Gasteiger charge is -2.04. The number of nitrogens with two attached hydrogens (primary N) is 1. The van der Waals surface area contributed by atoms with Gasteiger partial charge in [-0.25, -0.2) is 15.6 Å². The van der Waals surface area contributed by atoms with Crippen LogP contribution >= 0.6 is 0 Å². The Labute approximate surface area is 73.0 Å². The molecule has 0 saturated heterocycles. The smallest absolute Gasteiger partial charge is 0.256 e. The maximum Gasteiger partial charge on any atom is 0.369 e. The predicted molar refractivity (Wildman–Crippen MR) is 47.3 cm³/mol. The Kier molecular flexibility index (Phi) is 1.67. The molecule has 0 aliphatic carbocycles. The zero-order valence-corrected chi connectivity index (χ0v) is 6.64. The van der Waals surface area contributed by atoms with Crippen molar-refractivity contribution in [2.45, 2.75) is 0 Å². The summed E-state index contributed by atoms with van der Waals surface area (Å²) < 4.78 is 1.08. The molecule has 0 radical (unpaired) electrons. The van der Waals surface area contributed by atoms with Crippen molar-refractivity contribution in [3.05, 3.63) is 35.0 Å². The van der Waals surface area contributed by atoms with E-state index in [9.17, 15) is 4.79 Å². The molecule has 13 heavy (non-hydrogen) atoms. The summed E-state index contributed by atoms with van der Waals surface area (Å²) in [5.74, 6) is 5.15. The fourth-order valence-corrected chi connectivity index (χ4v) is 1.09. The normalized spacial score (nSPS) is 10.2. The van der Waals surface area contributed by atoms with Crippen LogP contribution in [0.5, 0.6) is 0 Å². The van der Waals surface area contributed by atoms with Gasteiger partial charge in [-0.3, -0.25) is 5.53 Å². The molecule has 2 heterocycles. The van der Waals surface area contributed by atoms with Crippen molar-refractivity contribution in [3.8, 4) is 0 Å². The van der Waals surface area contributed by atoms with Crippen molar-refractivity contribution in [2.24, 2.45) is 5.84 Å². The lowest BCUT2D eigenvalue weighted by Crippen LogP contribution is -2.35. The fraction of sp³-hybridized carbons (Fsp3) is 0. The van der Waals surface area contributed by atoms with Crippen LogP contribution in [0, 0.1) is 0 Å². The molecule has 2 aromatic heterocycles. The van der Waals surface area contributed by atoms with Gasteiger partial charge < -0.3 is 0 Å². The average molecular weight is 177 g/mol. The SMILES string of the molecule is NNn1c(=O)ncc2cccnc21. The molecular formula is C7H7N5O. The van der Waals surface area contributed by atoms with E-state index in [-0.39, 0.29) is 0 Å². The first-order valence-corrected chi connectivity index (χ1v) is 3.62. The third kappa shape index (κ3) is 1.13. The predicted octanol–water partition coefficient (Wildman–Crippen LogP) is -0.791. The van der Waals surface area contributed by atoms with Gasteiger partial charge in [0.15, 0.2) is 5.65 Å². The van der Waals surface area contributed by atoms with E-state index in [0.29, 0.717) is 5.65 Å². The van der Waals surface area contributed by atoms with Crippen LogP contribution in [-0.2, 0) is 0 Å². The second-order valence-corrected chi connectivity index (χ2v) is 2.42. The Morgan fingerprint density at radius 2 is 2.31 bits per heavy atom. The summed E-state index contributed by atoms with van der Waals surface area (Å²) in [7, 11) is 0. The molecule has 0 fully saturated rings. The van der Waals surface area contributed by atoms with Gasteiger partial charge in [0.25, 0.3) is 0 Å². The molecule has 3 N–H and O–H groups in total. The van der Waals surface area contributed by atoms with Gasteiger partial charge in [0.05, 0.1) is 0 Å². The molecule has 0 atom stereocenters. The zero-order valence-electron chi connectivity index (χ0n) is 6.64. The molecule has 0 unspecified atom stereocenters.